The topological polar surface area (TPSA) is 97.4 Å². The molecule has 5 rings (SSSR count). The Labute approximate surface area is 223 Å². The third-order valence-corrected chi connectivity index (χ3v) is 7.80. The van der Waals surface area contributed by atoms with Gasteiger partial charge in [0.1, 0.15) is 18.0 Å². The Balaban J connectivity index is 1.30. The standard InChI is InChI=1S/C29H35N3O6/c1-36-22-13-11-19(12-14-22)15-16-30-24(33)18-31-26(20-7-6-10-23(17-20)37-2)25-27(38-31)29(35)32(28(25)34)21-8-4-3-5-9-21/h6-7,10-14,17,21,25-27H,3-5,8-9,15-16,18H2,1-2H3,(H,30,33). The van der Waals surface area contributed by atoms with E-state index in [4.69, 9.17) is 14.3 Å². The lowest BCUT2D eigenvalue weighted by molar-refractivity contribution is -0.183. The summed E-state index contributed by atoms with van der Waals surface area (Å²) in [4.78, 5) is 47.6. The van der Waals surface area contributed by atoms with E-state index < -0.39 is 18.1 Å². The molecule has 2 aromatic rings. The molecule has 2 aromatic carbocycles. The summed E-state index contributed by atoms with van der Waals surface area (Å²) in [5.74, 6) is -0.0246. The molecular formula is C29H35N3O6. The number of carbonyl (C=O) groups excluding carboxylic acids is 3. The number of rotatable bonds is 9. The number of nitrogens with zero attached hydrogens (tertiary/aromatic N) is 2. The van der Waals surface area contributed by atoms with Crippen molar-refractivity contribution in [3.05, 3.63) is 59.7 Å². The number of hydroxylamine groups is 2. The highest BCUT2D eigenvalue weighted by Gasteiger charge is 2.60. The van der Waals surface area contributed by atoms with Gasteiger partial charge in [0, 0.05) is 12.6 Å². The highest BCUT2D eigenvalue weighted by atomic mass is 16.7. The van der Waals surface area contributed by atoms with Gasteiger partial charge >= 0.3 is 0 Å². The highest BCUT2D eigenvalue weighted by molar-refractivity contribution is 6.07. The largest absolute Gasteiger partial charge is 0.497 e. The summed E-state index contributed by atoms with van der Waals surface area (Å²) in [5.41, 5.74) is 1.85. The molecule has 1 N–H and O–H groups in total. The Morgan fingerprint density at radius 2 is 1.71 bits per heavy atom. The summed E-state index contributed by atoms with van der Waals surface area (Å²) in [6.45, 7) is 0.352. The Kier molecular flexibility index (Phi) is 7.95. The lowest BCUT2D eigenvalue weighted by atomic mass is 9.90. The maximum Gasteiger partial charge on any atom is 0.261 e. The van der Waals surface area contributed by atoms with Gasteiger partial charge in [-0.25, -0.2) is 0 Å². The normalized spacial score (nSPS) is 23.9. The van der Waals surface area contributed by atoms with E-state index in [0.717, 1.165) is 49.0 Å². The molecule has 0 bridgehead atoms. The molecule has 1 saturated carbocycles. The minimum absolute atomic E-state index is 0.0707. The molecule has 3 fully saturated rings. The number of nitrogens with one attached hydrogen (secondary N) is 1. The van der Waals surface area contributed by atoms with E-state index >= 15 is 0 Å². The Hall–Kier alpha value is -3.43. The van der Waals surface area contributed by atoms with Crippen LogP contribution < -0.4 is 14.8 Å². The second kappa shape index (κ2) is 11.5. The number of carbonyl (C=O) groups is 3. The number of fused-ring (bicyclic) bond motifs is 1. The molecule has 1 aliphatic carbocycles. The lowest BCUT2D eigenvalue weighted by Crippen LogP contribution is -2.45. The molecule has 9 heteroatoms. The van der Waals surface area contributed by atoms with Gasteiger partial charge < -0.3 is 14.8 Å². The number of hydrogen-bond acceptors (Lipinski definition) is 7. The predicted molar refractivity (Wildman–Crippen MR) is 139 cm³/mol. The molecule has 202 valence electrons. The van der Waals surface area contributed by atoms with Crippen LogP contribution in [-0.2, 0) is 25.6 Å². The van der Waals surface area contributed by atoms with Gasteiger partial charge in [0.05, 0.1) is 26.2 Å². The maximum atomic E-state index is 13.7. The molecule has 2 heterocycles. The van der Waals surface area contributed by atoms with Crippen molar-refractivity contribution in [3.63, 3.8) is 0 Å². The van der Waals surface area contributed by atoms with E-state index in [0.29, 0.717) is 18.7 Å². The van der Waals surface area contributed by atoms with Gasteiger partial charge in [0.2, 0.25) is 11.8 Å². The van der Waals surface area contributed by atoms with Crippen molar-refractivity contribution in [2.45, 2.75) is 56.7 Å². The number of amides is 3. The number of hydrogen-bond donors (Lipinski definition) is 1. The molecule has 0 radical (unpaired) electrons. The summed E-state index contributed by atoms with van der Waals surface area (Å²) < 4.78 is 10.6. The van der Waals surface area contributed by atoms with Gasteiger partial charge in [0.15, 0.2) is 6.10 Å². The third-order valence-electron chi connectivity index (χ3n) is 7.80. The summed E-state index contributed by atoms with van der Waals surface area (Å²) in [6.07, 6.45) is 4.56. The smallest absolute Gasteiger partial charge is 0.261 e. The van der Waals surface area contributed by atoms with Crippen molar-refractivity contribution >= 4 is 17.7 Å². The second-order valence-corrected chi connectivity index (χ2v) is 10.1. The predicted octanol–water partition coefficient (Wildman–Crippen LogP) is 3.04. The van der Waals surface area contributed by atoms with Gasteiger partial charge in [-0.05, 0) is 54.7 Å². The average Bonchev–Trinajstić information content (AvgIpc) is 3.43. The second-order valence-electron chi connectivity index (χ2n) is 10.1. The number of methoxy groups -OCH3 is 2. The molecule has 38 heavy (non-hydrogen) atoms. The fourth-order valence-electron chi connectivity index (χ4n) is 5.86. The minimum atomic E-state index is -0.923. The lowest BCUT2D eigenvalue weighted by Gasteiger charge is -2.32. The molecule has 2 saturated heterocycles. The highest BCUT2D eigenvalue weighted by Crippen LogP contribution is 2.46. The molecule has 0 spiro atoms. The number of imide groups is 1. The average molecular weight is 522 g/mol. The SMILES string of the molecule is COc1ccc(CCNC(=O)CN2OC3C(=O)N(C4CCCCC4)C(=O)C3C2c2cccc(OC)c2)cc1. The fraction of sp³-hybridized carbons (Fsp3) is 0.483. The molecule has 3 unspecified atom stereocenters. The van der Waals surface area contributed by atoms with Gasteiger partial charge in [0.25, 0.3) is 5.91 Å². The first kappa shape index (κ1) is 26.2. The molecule has 0 aromatic heterocycles. The van der Waals surface area contributed by atoms with Crippen LogP contribution in [0.15, 0.2) is 48.5 Å². The summed E-state index contributed by atoms with van der Waals surface area (Å²) >= 11 is 0. The Morgan fingerprint density at radius 3 is 2.42 bits per heavy atom. The van der Waals surface area contributed by atoms with Crippen LogP contribution in [0.25, 0.3) is 0 Å². The maximum absolute atomic E-state index is 13.7. The van der Waals surface area contributed by atoms with Gasteiger partial charge in [-0.1, -0.05) is 43.5 Å². The zero-order valence-electron chi connectivity index (χ0n) is 21.9. The molecular weight excluding hydrogens is 486 g/mol. The monoisotopic (exact) mass is 521 g/mol. The summed E-state index contributed by atoms with van der Waals surface area (Å²) in [5, 5.41) is 4.43. The van der Waals surface area contributed by atoms with Crippen LogP contribution in [0.3, 0.4) is 0 Å². The van der Waals surface area contributed by atoms with Crippen molar-refractivity contribution in [2.24, 2.45) is 5.92 Å². The molecule has 3 amide bonds. The Bertz CT molecular complexity index is 1160. The summed E-state index contributed by atoms with van der Waals surface area (Å²) in [7, 11) is 3.20. The third kappa shape index (κ3) is 5.26. The van der Waals surface area contributed by atoms with Crippen molar-refractivity contribution in [1.82, 2.24) is 15.3 Å². The minimum Gasteiger partial charge on any atom is -0.497 e. The van der Waals surface area contributed by atoms with Gasteiger partial charge in [-0.15, -0.1) is 0 Å². The van der Waals surface area contributed by atoms with E-state index in [2.05, 4.69) is 5.32 Å². The quantitative estimate of drug-likeness (QED) is 0.507. The number of likely N-dealkylation sites (tertiary alicyclic amines) is 1. The van der Waals surface area contributed by atoms with E-state index in [1.807, 2.05) is 48.5 Å². The van der Waals surface area contributed by atoms with Crippen molar-refractivity contribution < 1.29 is 28.7 Å². The molecule has 9 nitrogen and oxygen atoms in total. The van der Waals surface area contributed by atoms with Crippen molar-refractivity contribution in [3.8, 4) is 11.5 Å². The molecule has 2 aliphatic heterocycles. The zero-order chi connectivity index (χ0) is 26.6. The van der Waals surface area contributed by atoms with Crippen LogP contribution in [0.2, 0.25) is 0 Å². The van der Waals surface area contributed by atoms with E-state index in [1.165, 1.54) is 9.96 Å². The first-order chi connectivity index (χ1) is 18.5. The van der Waals surface area contributed by atoms with Crippen molar-refractivity contribution in [1.29, 1.82) is 0 Å². The van der Waals surface area contributed by atoms with E-state index in [-0.39, 0.29) is 30.3 Å². The number of benzene rings is 2. The van der Waals surface area contributed by atoms with Crippen LogP contribution >= 0.6 is 0 Å². The summed E-state index contributed by atoms with van der Waals surface area (Å²) in [6, 6.07) is 14.4. The Morgan fingerprint density at radius 1 is 0.974 bits per heavy atom. The van der Waals surface area contributed by atoms with Crippen LogP contribution in [0.5, 0.6) is 11.5 Å². The fourth-order valence-corrected chi connectivity index (χ4v) is 5.86. The van der Waals surface area contributed by atoms with E-state index in [9.17, 15) is 14.4 Å². The van der Waals surface area contributed by atoms with Gasteiger partial charge in [-0.3, -0.25) is 24.1 Å². The van der Waals surface area contributed by atoms with Crippen LogP contribution in [0.4, 0.5) is 0 Å². The van der Waals surface area contributed by atoms with Crippen LogP contribution in [0, 0.1) is 5.92 Å². The molecule has 3 aliphatic rings. The van der Waals surface area contributed by atoms with Crippen LogP contribution in [0.1, 0.15) is 49.3 Å². The molecule has 3 atom stereocenters. The first-order valence-corrected chi connectivity index (χ1v) is 13.3. The number of ether oxygens (including phenoxy) is 2. The van der Waals surface area contributed by atoms with Crippen LogP contribution in [-0.4, -0.2) is 67.1 Å². The first-order valence-electron chi connectivity index (χ1n) is 13.3. The zero-order valence-corrected chi connectivity index (χ0v) is 21.9. The van der Waals surface area contributed by atoms with Crippen molar-refractivity contribution in [2.75, 3.05) is 27.3 Å². The van der Waals surface area contributed by atoms with E-state index in [1.54, 1.807) is 14.2 Å². The van der Waals surface area contributed by atoms with Gasteiger partial charge in [-0.2, -0.15) is 5.06 Å².